The van der Waals surface area contributed by atoms with Crippen molar-refractivity contribution in [2.75, 3.05) is 11.5 Å². The second-order valence-corrected chi connectivity index (χ2v) is 7.72. The van der Waals surface area contributed by atoms with Gasteiger partial charge in [0.1, 0.15) is 17.3 Å². The van der Waals surface area contributed by atoms with Crippen LogP contribution in [0, 0.1) is 0 Å². The fraction of sp³-hybridized carbons (Fsp3) is 0.160. The molecule has 1 saturated heterocycles. The van der Waals surface area contributed by atoms with Crippen LogP contribution in [0.2, 0.25) is 5.02 Å². The van der Waals surface area contributed by atoms with Crippen molar-refractivity contribution in [3.63, 3.8) is 0 Å². The van der Waals surface area contributed by atoms with Crippen LogP contribution in [0.5, 0.6) is 5.75 Å². The summed E-state index contributed by atoms with van der Waals surface area (Å²) in [7, 11) is 0. The van der Waals surface area contributed by atoms with E-state index in [1.165, 1.54) is 4.90 Å². The summed E-state index contributed by atoms with van der Waals surface area (Å²) in [5.41, 5.74) is 0.969. The molecule has 4 rings (SSSR count). The number of amides is 1. The predicted molar refractivity (Wildman–Crippen MR) is 123 cm³/mol. The highest BCUT2D eigenvalue weighted by atomic mass is 35.5. The highest BCUT2D eigenvalue weighted by Crippen LogP contribution is 2.42. The Morgan fingerprint density at radius 3 is 2.53 bits per heavy atom. The first-order chi connectivity index (χ1) is 15.5. The van der Waals surface area contributed by atoms with Gasteiger partial charge in [0, 0.05) is 16.8 Å². The van der Waals surface area contributed by atoms with Gasteiger partial charge >= 0.3 is 5.91 Å². The molecule has 0 radical (unpaired) electrons. The second-order valence-electron chi connectivity index (χ2n) is 7.28. The van der Waals surface area contributed by atoms with Crippen LogP contribution >= 0.6 is 11.6 Å². The number of aliphatic hydroxyl groups is 1. The average Bonchev–Trinajstić information content (AvgIpc) is 3.08. The Morgan fingerprint density at radius 1 is 1.09 bits per heavy atom. The zero-order valence-corrected chi connectivity index (χ0v) is 18.1. The normalized spacial score (nSPS) is 17.6. The van der Waals surface area contributed by atoms with E-state index in [0.29, 0.717) is 34.3 Å². The number of hydrogen-bond donors (Lipinski definition) is 1. The van der Waals surface area contributed by atoms with Gasteiger partial charge in [-0.05, 0) is 60.5 Å². The van der Waals surface area contributed by atoms with E-state index >= 15 is 0 Å². The number of carbonyl (C=O) groups is 2. The molecule has 2 heterocycles. The standard InChI is InChI=1S/C25H21ClN2O4/c1-2-14-32-19-11-9-16(10-12-19)23(29)21-22(17-6-5-7-18(26)15-17)28(25(31)24(21)30)20-8-3-4-13-27-20/h3-13,15,22,29H,2,14H2,1H3/b23-21+. The van der Waals surface area contributed by atoms with Gasteiger partial charge in [-0.3, -0.25) is 14.5 Å². The van der Waals surface area contributed by atoms with E-state index in [2.05, 4.69) is 4.98 Å². The van der Waals surface area contributed by atoms with Gasteiger partial charge in [0.05, 0.1) is 18.2 Å². The number of benzene rings is 2. The molecule has 0 bridgehead atoms. The van der Waals surface area contributed by atoms with Gasteiger partial charge in [0.15, 0.2) is 0 Å². The van der Waals surface area contributed by atoms with Crippen molar-refractivity contribution in [3.8, 4) is 5.75 Å². The van der Waals surface area contributed by atoms with Crippen molar-refractivity contribution < 1.29 is 19.4 Å². The van der Waals surface area contributed by atoms with Gasteiger partial charge in [-0.15, -0.1) is 0 Å². The number of anilines is 1. The molecule has 2 aromatic carbocycles. The lowest BCUT2D eigenvalue weighted by atomic mass is 9.95. The number of ketones is 1. The summed E-state index contributed by atoms with van der Waals surface area (Å²) in [6.45, 7) is 2.59. The molecule has 1 fully saturated rings. The van der Waals surface area contributed by atoms with Crippen LogP contribution in [0.4, 0.5) is 5.82 Å². The third kappa shape index (κ3) is 4.09. The fourth-order valence-electron chi connectivity index (χ4n) is 3.64. The monoisotopic (exact) mass is 448 g/mol. The first kappa shape index (κ1) is 21.6. The van der Waals surface area contributed by atoms with E-state index in [9.17, 15) is 14.7 Å². The minimum absolute atomic E-state index is 0.0230. The molecule has 0 spiro atoms. The van der Waals surface area contributed by atoms with Gasteiger partial charge in [0.25, 0.3) is 5.78 Å². The Morgan fingerprint density at radius 2 is 1.88 bits per heavy atom. The molecule has 0 aliphatic carbocycles. The highest BCUT2D eigenvalue weighted by Gasteiger charge is 2.47. The Hall–Kier alpha value is -3.64. The van der Waals surface area contributed by atoms with Crippen LogP contribution in [0.15, 0.2) is 78.5 Å². The Kier molecular flexibility index (Phi) is 6.23. The summed E-state index contributed by atoms with van der Waals surface area (Å²) in [4.78, 5) is 31.7. The highest BCUT2D eigenvalue weighted by molar-refractivity contribution is 6.51. The molecule has 1 atom stereocenters. The van der Waals surface area contributed by atoms with Crippen LogP contribution in [0.1, 0.15) is 30.5 Å². The SMILES string of the molecule is CCCOc1ccc(/C(O)=C2\C(=O)C(=O)N(c3ccccn3)C2c2cccc(Cl)c2)cc1. The molecule has 1 amide bonds. The molecule has 1 aromatic heterocycles. The topological polar surface area (TPSA) is 79.7 Å². The van der Waals surface area contributed by atoms with Gasteiger partial charge in [-0.2, -0.15) is 0 Å². The van der Waals surface area contributed by atoms with E-state index in [0.717, 1.165) is 6.42 Å². The molecule has 1 unspecified atom stereocenters. The Labute approximate surface area is 190 Å². The van der Waals surface area contributed by atoms with Crippen LogP contribution in [0.3, 0.4) is 0 Å². The number of halogens is 1. The van der Waals surface area contributed by atoms with Gasteiger partial charge in [-0.1, -0.05) is 36.7 Å². The smallest absolute Gasteiger partial charge is 0.301 e. The molecule has 0 saturated carbocycles. The largest absolute Gasteiger partial charge is 0.507 e. The first-order valence-corrected chi connectivity index (χ1v) is 10.6. The van der Waals surface area contributed by atoms with Gasteiger partial charge in [0.2, 0.25) is 0 Å². The van der Waals surface area contributed by atoms with Gasteiger partial charge < -0.3 is 9.84 Å². The van der Waals surface area contributed by atoms with E-state index < -0.39 is 17.7 Å². The quantitative estimate of drug-likeness (QED) is 0.320. The zero-order valence-electron chi connectivity index (χ0n) is 17.4. The number of aliphatic hydroxyl groups excluding tert-OH is 1. The maximum absolute atomic E-state index is 13.1. The molecule has 1 N–H and O–H groups in total. The van der Waals surface area contributed by atoms with Crippen molar-refractivity contribution in [2.24, 2.45) is 0 Å². The Balaban J connectivity index is 1.85. The summed E-state index contributed by atoms with van der Waals surface area (Å²) < 4.78 is 5.58. The summed E-state index contributed by atoms with van der Waals surface area (Å²) in [6.07, 6.45) is 2.41. The molecule has 162 valence electrons. The minimum atomic E-state index is -0.875. The number of carbonyl (C=O) groups excluding carboxylic acids is 2. The molecule has 7 heteroatoms. The molecule has 6 nitrogen and oxygen atoms in total. The lowest BCUT2D eigenvalue weighted by molar-refractivity contribution is -0.132. The van der Waals surface area contributed by atoms with E-state index in [4.69, 9.17) is 16.3 Å². The lowest BCUT2D eigenvalue weighted by Crippen LogP contribution is -2.30. The third-order valence-corrected chi connectivity index (χ3v) is 5.34. The molecule has 1 aliphatic heterocycles. The van der Waals surface area contributed by atoms with Crippen molar-refractivity contribution in [2.45, 2.75) is 19.4 Å². The number of hydrogen-bond acceptors (Lipinski definition) is 5. The molecule has 1 aliphatic rings. The average molecular weight is 449 g/mol. The molecule has 3 aromatic rings. The van der Waals surface area contributed by atoms with Crippen molar-refractivity contribution >= 4 is 34.9 Å². The Bertz CT molecular complexity index is 1180. The summed E-state index contributed by atoms with van der Waals surface area (Å²) in [5.74, 6) is -0.859. The lowest BCUT2D eigenvalue weighted by Gasteiger charge is -2.24. The number of nitrogens with zero attached hydrogens (tertiary/aromatic N) is 2. The molecule has 32 heavy (non-hydrogen) atoms. The van der Waals surface area contributed by atoms with E-state index in [1.54, 1.807) is 72.9 Å². The van der Waals surface area contributed by atoms with Crippen LogP contribution in [0.25, 0.3) is 5.76 Å². The summed E-state index contributed by atoms with van der Waals surface area (Å²) in [6, 6.07) is 17.8. The minimum Gasteiger partial charge on any atom is -0.507 e. The number of rotatable bonds is 6. The molecular weight excluding hydrogens is 428 g/mol. The number of Topliss-reactive ketones (excluding diaryl/α,β-unsaturated/α-hetero) is 1. The maximum Gasteiger partial charge on any atom is 0.301 e. The van der Waals surface area contributed by atoms with Crippen LogP contribution < -0.4 is 9.64 Å². The molecular formula is C25H21ClN2O4. The fourth-order valence-corrected chi connectivity index (χ4v) is 3.84. The number of pyridine rings is 1. The van der Waals surface area contributed by atoms with Crippen molar-refractivity contribution in [1.29, 1.82) is 0 Å². The summed E-state index contributed by atoms with van der Waals surface area (Å²) in [5, 5.41) is 11.6. The van der Waals surface area contributed by atoms with Crippen molar-refractivity contribution in [3.05, 3.63) is 94.6 Å². The van der Waals surface area contributed by atoms with E-state index in [1.807, 2.05) is 6.92 Å². The maximum atomic E-state index is 13.1. The zero-order chi connectivity index (χ0) is 22.7. The van der Waals surface area contributed by atoms with Crippen LogP contribution in [-0.4, -0.2) is 28.4 Å². The first-order valence-electron chi connectivity index (χ1n) is 10.2. The number of aromatic nitrogens is 1. The van der Waals surface area contributed by atoms with Crippen LogP contribution in [-0.2, 0) is 9.59 Å². The van der Waals surface area contributed by atoms with Gasteiger partial charge in [-0.25, -0.2) is 4.98 Å². The van der Waals surface area contributed by atoms with E-state index in [-0.39, 0.29) is 11.3 Å². The second kappa shape index (κ2) is 9.24. The summed E-state index contributed by atoms with van der Waals surface area (Å²) >= 11 is 6.20. The van der Waals surface area contributed by atoms with Crippen molar-refractivity contribution in [1.82, 2.24) is 4.98 Å². The predicted octanol–water partition coefficient (Wildman–Crippen LogP) is 5.15. The number of ether oxygens (including phenoxy) is 1. The third-order valence-electron chi connectivity index (χ3n) is 5.11.